The molecule has 0 aliphatic heterocycles. The molecule has 0 radical (unpaired) electrons. The molecule has 0 bridgehead atoms. The molecule has 0 spiro atoms. The summed E-state index contributed by atoms with van der Waals surface area (Å²) < 4.78 is 0. The van der Waals surface area contributed by atoms with Crippen molar-refractivity contribution >= 4 is 17.2 Å². The SMILES string of the molecule is Cc1ncc(C(=O)NC(c2cccs2)C(C)C)c(C)n1. The number of rotatable bonds is 4. The smallest absolute Gasteiger partial charge is 0.255 e. The highest BCUT2D eigenvalue weighted by Gasteiger charge is 2.21. The number of carbonyl (C=O) groups excluding carboxylic acids is 1. The molecule has 2 aromatic rings. The van der Waals surface area contributed by atoms with Gasteiger partial charge in [0.05, 0.1) is 17.3 Å². The Morgan fingerprint density at radius 2 is 2.10 bits per heavy atom. The topological polar surface area (TPSA) is 54.9 Å². The lowest BCUT2D eigenvalue weighted by molar-refractivity contribution is 0.0925. The van der Waals surface area contributed by atoms with Crippen molar-refractivity contribution in [3.05, 3.63) is 45.7 Å². The Bertz CT molecular complexity index is 593. The van der Waals surface area contributed by atoms with Gasteiger partial charge in [0.15, 0.2) is 0 Å². The highest BCUT2D eigenvalue weighted by molar-refractivity contribution is 7.10. The van der Waals surface area contributed by atoms with Crippen LogP contribution in [0.25, 0.3) is 0 Å². The summed E-state index contributed by atoms with van der Waals surface area (Å²) in [7, 11) is 0. The number of aromatic nitrogens is 2. The molecule has 1 unspecified atom stereocenters. The average Bonchev–Trinajstić information content (AvgIpc) is 2.88. The molecule has 0 saturated carbocycles. The minimum atomic E-state index is -0.116. The van der Waals surface area contributed by atoms with Crippen molar-refractivity contribution in [1.82, 2.24) is 15.3 Å². The summed E-state index contributed by atoms with van der Waals surface area (Å²) in [6, 6.07) is 4.07. The Balaban J connectivity index is 2.21. The number of aryl methyl sites for hydroxylation is 2. The van der Waals surface area contributed by atoms with E-state index in [0.29, 0.717) is 23.0 Å². The third-order valence-corrected chi connectivity index (χ3v) is 4.10. The zero-order chi connectivity index (χ0) is 14.7. The van der Waals surface area contributed by atoms with Gasteiger partial charge < -0.3 is 5.32 Å². The molecule has 1 amide bonds. The first-order chi connectivity index (χ1) is 9.49. The van der Waals surface area contributed by atoms with Gasteiger partial charge in [-0.15, -0.1) is 11.3 Å². The van der Waals surface area contributed by atoms with E-state index >= 15 is 0 Å². The van der Waals surface area contributed by atoms with E-state index in [4.69, 9.17) is 0 Å². The number of thiophene rings is 1. The molecule has 2 aromatic heterocycles. The Labute approximate surface area is 123 Å². The molecular formula is C15H19N3OS. The molecule has 0 aliphatic rings. The second kappa shape index (κ2) is 6.13. The molecule has 5 heteroatoms. The van der Waals surface area contributed by atoms with E-state index < -0.39 is 0 Å². The second-order valence-corrected chi connectivity index (χ2v) is 6.11. The van der Waals surface area contributed by atoms with Gasteiger partial charge in [0.1, 0.15) is 5.82 Å². The fourth-order valence-electron chi connectivity index (χ4n) is 2.06. The van der Waals surface area contributed by atoms with Crippen LogP contribution in [0.1, 0.15) is 46.6 Å². The summed E-state index contributed by atoms with van der Waals surface area (Å²) in [6.07, 6.45) is 1.60. The van der Waals surface area contributed by atoms with Gasteiger partial charge in [0.25, 0.3) is 5.91 Å². The number of amides is 1. The van der Waals surface area contributed by atoms with Gasteiger partial charge in [-0.3, -0.25) is 4.79 Å². The monoisotopic (exact) mass is 289 g/mol. The maximum Gasteiger partial charge on any atom is 0.255 e. The predicted molar refractivity (Wildman–Crippen MR) is 80.9 cm³/mol. The minimum Gasteiger partial charge on any atom is -0.344 e. The second-order valence-electron chi connectivity index (χ2n) is 5.13. The number of hydrogen-bond donors (Lipinski definition) is 1. The normalized spacial score (nSPS) is 12.4. The van der Waals surface area contributed by atoms with Crippen LogP contribution in [0.15, 0.2) is 23.7 Å². The Hall–Kier alpha value is -1.75. The Morgan fingerprint density at radius 1 is 1.35 bits per heavy atom. The maximum atomic E-state index is 12.4. The van der Waals surface area contributed by atoms with Crippen molar-refractivity contribution in [3.63, 3.8) is 0 Å². The summed E-state index contributed by atoms with van der Waals surface area (Å²) in [4.78, 5) is 21.9. The fraction of sp³-hybridized carbons (Fsp3) is 0.400. The highest BCUT2D eigenvalue weighted by Crippen LogP contribution is 2.26. The summed E-state index contributed by atoms with van der Waals surface area (Å²) in [5.41, 5.74) is 1.25. The Kier molecular flexibility index (Phi) is 4.49. The zero-order valence-electron chi connectivity index (χ0n) is 12.2. The summed E-state index contributed by atoms with van der Waals surface area (Å²) in [6.45, 7) is 7.85. The standard InChI is InChI=1S/C15H19N3OS/c1-9(2)14(13-6-5-7-20-13)18-15(19)12-8-16-11(4)17-10(12)3/h5-9,14H,1-4H3,(H,18,19). The molecule has 20 heavy (non-hydrogen) atoms. The molecule has 0 aromatic carbocycles. The maximum absolute atomic E-state index is 12.4. The van der Waals surface area contributed by atoms with Crippen molar-refractivity contribution < 1.29 is 4.79 Å². The van der Waals surface area contributed by atoms with Crippen molar-refractivity contribution in [2.75, 3.05) is 0 Å². The predicted octanol–water partition coefficient (Wildman–Crippen LogP) is 3.28. The van der Waals surface area contributed by atoms with Crippen molar-refractivity contribution in [2.45, 2.75) is 33.7 Å². The van der Waals surface area contributed by atoms with Gasteiger partial charge in [-0.25, -0.2) is 9.97 Å². The number of hydrogen-bond acceptors (Lipinski definition) is 4. The van der Waals surface area contributed by atoms with Crippen LogP contribution in [0.4, 0.5) is 0 Å². The van der Waals surface area contributed by atoms with Crippen molar-refractivity contribution in [3.8, 4) is 0 Å². The lowest BCUT2D eigenvalue weighted by Crippen LogP contribution is -2.32. The third kappa shape index (κ3) is 3.22. The first-order valence-corrected chi connectivity index (χ1v) is 7.51. The van der Waals surface area contributed by atoms with E-state index in [9.17, 15) is 4.79 Å². The lowest BCUT2D eigenvalue weighted by atomic mass is 10.0. The summed E-state index contributed by atoms with van der Waals surface area (Å²) in [5, 5.41) is 5.11. The first-order valence-electron chi connectivity index (χ1n) is 6.63. The van der Waals surface area contributed by atoms with Crippen LogP contribution in [-0.4, -0.2) is 15.9 Å². The zero-order valence-corrected chi connectivity index (χ0v) is 13.0. The van der Waals surface area contributed by atoms with Crippen LogP contribution in [0, 0.1) is 19.8 Å². The van der Waals surface area contributed by atoms with Crippen LogP contribution in [0.5, 0.6) is 0 Å². The highest BCUT2D eigenvalue weighted by atomic mass is 32.1. The summed E-state index contributed by atoms with van der Waals surface area (Å²) in [5.74, 6) is 0.886. The van der Waals surface area contributed by atoms with Gasteiger partial charge in [0.2, 0.25) is 0 Å². The van der Waals surface area contributed by atoms with Crippen molar-refractivity contribution in [1.29, 1.82) is 0 Å². The molecule has 2 heterocycles. The van der Waals surface area contributed by atoms with Gasteiger partial charge in [0, 0.05) is 11.1 Å². The van der Waals surface area contributed by atoms with Crippen LogP contribution in [-0.2, 0) is 0 Å². The molecule has 1 N–H and O–H groups in total. The molecule has 0 saturated heterocycles. The molecule has 4 nitrogen and oxygen atoms in total. The van der Waals surface area contributed by atoms with E-state index in [-0.39, 0.29) is 11.9 Å². The molecular weight excluding hydrogens is 270 g/mol. The minimum absolute atomic E-state index is 0.0169. The number of carbonyl (C=O) groups is 1. The number of nitrogens with zero attached hydrogens (tertiary/aromatic N) is 2. The molecule has 0 aliphatic carbocycles. The van der Waals surface area contributed by atoms with E-state index in [2.05, 4.69) is 29.1 Å². The largest absolute Gasteiger partial charge is 0.344 e. The van der Waals surface area contributed by atoms with E-state index in [0.717, 1.165) is 0 Å². The van der Waals surface area contributed by atoms with Crippen LogP contribution >= 0.6 is 11.3 Å². The van der Waals surface area contributed by atoms with Gasteiger partial charge in [-0.05, 0) is 31.2 Å². The van der Waals surface area contributed by atoms with Gasteiger partial charge in [-0.1, -0.05) is 19.9 Å². The summed E-state index contributed by atoms with van der Waals surface area (Å²) >= 11 is 1.66. The van der Waals surface area contributed by atoms with Gasteiger partial charge in [-0.2, -0.15) is 0 Å². The number of nitrogens with one attached hydrogen (secondary N) is 1. The van der Waals surface area contributed by atoms with E-state index in [1.165, 1.54) is 4.88 Å². The molecule has 0 fully saturated rings. The van der Waals surface area contributed by atoms with Crippen LogP contribution < -0.4 is 5.32 Å². The third-order valence-electron chi connectivity index (χ3n) is 3.15. The van der Waals surface area contributed by atoms with Crippen LogP contribution in [0.2, 0.25) is 0 Å². The van der Waals surface area contributed by atoms with Crippen LogP contribution in [0.3, 0.4) is 0 Å². The molecule has 2 rings (SSSR count). The average molecular weight is 289 g/mol. The molecule has 1 atom stereocenters. The quantitative estimate of drug-likeness (QED) is 0.939. The fourth-order valence-corrected chi connectivity index (χ4v) is 3.01. The molecule has 106 valence electrons. The van der Waals surface area contributed by atoms with E-state index in [1.54, 1.807) is 17.5 Å². The Morgan fingerprint density at radius 3 is 2.65 bits per heavy atom. The first kappa shape index (κ1) is 14.7. The van der Waals surface area contributed by atoms with Gasteiger partial charge >= 0.3 is 0 Å². The van der Waals surface area contributed by atoms with E-state index in [1.807, 2.05) is 31.4 Å². The van der Waals surface area contributed by atoms with Crippen molar-refractivity contribution in [2.24, 2.45) is 5.92 Å². The lowest BCUT2D eigenvalue weighted by Gasteiger charge is -2.21.